The molecule has 0 aromatic carbocycles. The van der Waals surface area contributed by atoms with Crippen molar-refractivity contribution in [1.82, 2.24) is 15.1 Å². The molecule has 3 rings (SSSR count). The third kappa shape index (κ3) is 3.03. The second-order valence-corrected chi connectivity index (χ2v) is 6.90. The van der Waals surface area contributed by atoms with E-state index in [-0.39, 0.29) is 6.10 Å². The van der Waals surface area contributed by atoms with Crippen LogP contribution in [0.4, 0.5) is 4.79 Å². The Kier molecular flexibility index (Phi) is 3.62. The van der Waals surface area contributed by atoms with Gasteiger partial charge in [-0.2, -0.15) is 5.10 Å². The number of nitrogens with one attached hydrogen (secondary N) is 1. The van der Waals surface area contributed by atoms with Gasteiger partial charge in [0, 0.05) is 0 Å². The second kappa shape index (κ2) is 5.31. The number of carbonyl (C=O) groups excluding carboxylic acids is 1. The molecule has 0 aliphatic carbocycles. The Balaban J connectivity index is 1.72. The van der Waals surface area contributed by atoms with Crippen molar-refractivity contribution in [3.05, 3.63) is 17.1 Å². The summed E-state index contributed by atoms with van der Waals surface area (Å²) in [5.41, 5.74) is 1.53. The fourth-order valence-electron chi connectivity index (χ4n) is 2.36. The van der Waals surface area contributed by atoms with E-state index in [0.29, 0.717) is 13.2 Å². The number of hydrogen-bond acceptors (Lipinski definition) is 5. The van der Waals surface area contributed by atoms with E-state index in [4.69, 9.17) is 9.47 Å². The molecule has 0 saturated heterocycles. The molecule has 1 aliphatic heterocycles. The summed E-state index contributed by atoms with van der Waals surface area (Å²) in [5, 5.41) is 9.35. The summed E-state index contributed by atoms with van der Waals surface area (Å²) in [4.78, 5) is 11.8. The lowest BCUT2D eigenvalue weighted by atomic mass is 10.2. The first kappa shape index (κ1) is 14.3. The summed E-state index contributed by atoms with van der Waals surface area (Å²) in [6.45, 7) is 7.26. The van der Waals surface area contributed by atoms with E-state index in [0.717, 1.165) is 22.5 Å². The van der Waals surface area contributed by atoms with Gasteiger partial charge in [-0.05, 0) is 32.2 Å². The van der Waals surface area contributed by atoms with Crippen LogP contribution >= 0.6 is 11.3 Å². The standard InChI is InChI=1S/C14H19N3O3S/c1-14(2,3)20-13(18)15-8-10-11-12-9(4-7-21-12)16-17(11)5-6-19-10/h4,7,10H,5-6,8H2,1-3H3,(H,15,18). The number of fused-ring (bicyclic) bond motifs is 3. The third-order valence-corrected chi connectivity index (χ3v) is 4.07. The quantitative estimate of drug-likeness (QED) is 0.926. The molecule has 2 aromatic rings. The van der Waals surface area contributed by atoms with Crippen LogP contribution in [0.2, 0.25) is 0 Å². The van der Waals surface area contributed by atoms with Gasteiger partial charge in [0.1, 0.15) is 17.2 Å². The van der Waals surface area contributed by atoms with E-state index in [1.54, 1.807) is 11.3 Å². The number of alkyl carbamates (subject to hydrolysis) is 1. The van der Waals surface area contributed by atoms with Crippen LogP contribution in [-0.2, 0) is 16.0 Å². The van der Waals surface area contributed by atoms with Gasteiger partial charge in [0.25, 0.3) is 0 Å². The van der Waals surface area contributed by atoms with Crippen molar-refractivity contribution >= 4 is 27.6 Å². The lowest BCUT2D eigenvalue weighted by Crippen LogP contribution is -2.37. The van der Waals surface area contributed by atoms with Crippen molar-refractivity contribution in [3.63, 3.8) is 0 Å². The molecule has 3 heterocycles. The van der Waals surface area contributed by atoms with Crippen molar-refractivity contribution in [1.29, 1.82) is 0 Å². The van der Waals surface area contributed by atoms with Crippen molar-refractivity contribution in [2.24, 2.45) is 0 Å². The minimum atomic E-state index is -0.500. The Morgan fingerprint density at radius 1 is 1.62 bits per heavy atom. The summed E-state index contributed by atoms with van der Waals surface area (Å²) < 4.78 is 14.2. The molecule has 1 unspecified atom stereocenters. The predicted octanol–water partition coefficient (Wildman–Crippen LogP) is 2.69. The lowest BCUT2D eigenvalue weighted by Gasteiger charge is -2.25. The summed E-state index contributed by atoms with van der Waals surface area (Å²) in [5.74, 6) is 0. The van der Waals surface area contributed by atoms with E-state index in [1.807, 2.05) is 36.9 Å². The summed E-state index contributed by atoms with van der Waals surface area (Å²) in [6, 6.07) is 2.00. The Morgan fingerprint density at radius 3 is 3.19 bits per heavy atom. The zero-order chi connectivity index (χ0) is 15.0. The highest BCUT2D eigenvalue weighted by Crippen LogP contribution is 2.32. The van der Waals surface area contributed by atoms with E-state index in [1.165, 1.54) is 0 Å². The van der Waals surface area contributed by atoms with Crippen LogP contribution in [0.3, 0.4) is 0 Å². The van der Waals surface area contributed by atoms with Gasteiger partial charge >= 0.3 is 6.09 Å². The first-order valence-corrected chi connectivity index (χ1v) is 7.84. The van der Waals surface area contributed by atoms with Crippen LogP contribution in [0.1, 0.15) is 32.6 Å². The molecule has 6 nitrogen and oxygen atoms in total. The van der Waals surface area contributed by atoms with Crippen molar-refractivity contribution in [2.75, 3.05) is 13.2 Å². The molecule has 1 N–H and O–H groups in total. The van der Waals surface area contributed by atoms with E-state index >= 15 is 0 Å². The van der Waals surface area contributed by atoms with Crippen molar-refractivity contribution in [3.8, 4) is 0 Å². The maximum atomic E-state index is 11.8. The molecular weight excluding hydrogens is 290 g/mol. The number of ether oxygens (including phenoxy) is 2. The highest BCUT2D eigenvalue weighted by molar-refractivity contribution is 7.17. The number of aromatic nitrogens is 2. The monoisotopic (exact) mass is 309 g/mol. The Morgan fingerprint density at radius 2 is 2.43 bits per heavy atom. The van der Waals surface area contributed by atoms with E-state index < -0.39 is 11.7 Å². The average Bonchev–Trinajstić information content (AvgIpc) is 2.94. The van der Waals surface area contributed by atoms with E-state index in [2.05, 4.69) is 10.4 Å². The second-order valence-electron chi connectivity index (χ2n) is 5.99. The van der Waals surface area contributed by atoms with Gasteiger partial charge < -0.3 is 14.8 Å². The van der Waals surface area contributed by atoms with Crippen molar-refractivity contribution in [2.45, 2.75) is 39.0 Å². The van der Waals surface area contributed by atoms with Crippen LogP contribution in [0.25, 0.3) is 10.2 Å². The first-order valence-electron chi connectivity index (χ1n) is 6.96. The average molecular weight is 309 g/mol. The molecule has 0 saturated carbocycles. The molecular formula is C14H19N3O3S. The van der Waals surface area contributed by atoms with Gasteiger partial charge in [-0.25, -0.2) is 4.79 Å². The van der Waals surface area contributed by atoms with Gasteiger partial charge in [0.15, 0.2) is 0 Å². The number of hydrogen-bond donors (Lipinski definition) is 1. The molecule has 0 bridgehead atoms. The normalized spacial score (nSPS) is 18.5. The third-order valence-electron chi connectivity index (χ3n) is 3.14. The summed E-state index contributed by atoms with van der Waals surface area (Å²) in [6.07, 6.45) is -0.611. The molecule has 0 spiro atoms. The number of nitrogens with zero attached hydrogens (tertiary/aromatic N) is 2. The van der Waals surface area contributed by atoms with Crippen LogP contribution in [0.5, 0.6) is 0 Å². The number of rotatable bonds is 2. The highest BCUT2D eigenvalue weighted by atomic mass is 32.1. The van der Waals surface area contributed by atoms with Gasteiger partial charge in [0.2, 0.25) is 0 Å². The maximum Gasteiger partial charge on any atom is 0.407 e. The first-order chi connectivity index (χ1) is 9.94. The van der Waals surface area contributed by atoms with Gasteiger partial charge in [-0.1, -0.05) is 0 Å². The zero-order valence-electron chi connectivity index (χ0n) is 12.4. The SMILES string of the molecule is CC(C)(C)OC(=O)NCC1OCCn2nc3ccsc3c21. The molecule has 114 valence electrons. The number of thiophene rings is 1. The molecule has 0 radical (unpaired) electrons. The Bertz CT molecular complexity index is 656. The van der Waals surface area contributed by atoms with Crippen LogP contribution in [0.15, 0.2) is 11.4 Å². The molecule has 1 amide bonds. The molecule has 0 fully saturated rings. The molecule has 7 heteroatoms. The smallest absolute Gasteiger partial charge is 0.407 e. The maximum absolute atomic E-state index is 11.8. The fraction of sp³-hybridized carbons (Fsp3) is 0.571. The van der Waals surface area contributed by atoms with E-state index in [9.17, 15) is 4.79 Å². The lowest BCUT2D eigenvalue weighted by molar-refractivity contribution is 0.0121. The minimum Gasteiger partial charge on any atom is -0.444 e. The fourth-order valence-corrected chi connectivity index (χ4v) is 3.28. The van der Waals surface area contributed by atoms with Gasteiger partial charge in [-0.15, -0.1) is 11.3 Å². The number of amides is 1. The van der Waals surface area contributed by atoms with Crippen LogP contribution in [-0.4, -0.2) is 34.6 Å². The molecule has 1 aliphatic rings. The largest absolute Gasteiger partial charge is 0.444 e. The molecule has 1 atom stereocenters. The minimum absolute atomic E-state index is 0.185. The highest BCUT2D eigenvalue weighted by Gasteiger charge is 2.27. The van der Waals surface area contributed by atoms with Gasteiger partial charge in [0.05, 0.1) is 30.1 Å². The Labute approximate surface area is 127 Å². The van der Waals surface area contributed by atoms with Gasteiger partial charge in [-0.3, -0.25) is 4.68 Å². The predicted molar refractivity (Wildman–Crippen MR) is 80.5 cm³/mol. The topological polar surface area (TPSA) is 65.4 Å². The Hall–Kier alpha value is -1.60. The number of carbonyl (C=O) groups is 1. The zero-order valence-corrected chi connectivity index (χ0v) is 13.2. The summed E-state index contributed by atoms with van der Waals surface area (Å²) in [7, 11) is 0. The molecule has 2 aromatic heterocycles. The molecule has 21 heavy (non-hydrogen) atoms. The summed E-state index contributed by atoms with van der Waals surface area (Å²) >= 11 is 1.65. The van der Waals surface area contributed by atoms with Crippen LogP contribution in [0, 0.1) is 0 Å². The van der Waals surface area contributed by atoms with Crippen LogP contribution < -0.4 is 5.32 Å². The van der Waals surface area contributed by atoms with Crippen molar-refractivity contribution < 1.29 is 14.3 Å².